The molecule has 1 saturated heterocycles. The number of piperazine rings is 1. The van der Waals surface area contributed by atoms with Crippen molar-refractivity contribution in [2.75, 3.05) is 39.8 Å². The fraction of sp³-hybridized carbons (Fsp3) is 0.714. The predicted octanol–water partition coefficient (Wildman–Crippen LogP) is 3.34. The molecule has 3 heteroatoms. The Bertz CT molecular complexity index is 239. The van der Waals surface area contributed by atoms with Gasteiger partial charge >= 0.3 is 0 Å². The van der Waals surface area contributed by atoms with Gasteiger partial charge in [0.25, 0.3) is 0 Å². The summed E-state index contributed by atoms with van der Waals surface area (Å²) >= 11 is 1.78. The van der Waals surface area contributed by atoms with Crippen LogP contribution in [0.2, 0.25) is 0 Å². The number of hydrogen-bond donors (Lipinski definition) is 0. The molecule has 0 spiro atoms. The maximum atomic E-state index is 2.49. The SMILES string of the molecule is CC.CCN1CCN(C)CC1.Cc1cccs1. The summed E-state index contributed by atoms with van der Waals surface area (Å²) in [5, 5.41) is 2.08. The largest absolute Gasteiger partial charge is 0.304 e. The van der Waals surface area contributed by atoms with Gasteiger partial charge in [-0.05, 0) is 32.0 Å². The maximum absolute atomic E-state index is 2.49. The molecule has 0 amide bonds. The highest BCUT2D eigenvalue weighted by atomic mass is 32.1. The molecule has 0 bridgehead atoms. The number of rotatable bonds is 1. The summed E-state index contributed by atoms with van der Waals surface area (Å²) < 4.78 is 0. The van der Waals surface area contributed by atoms with Gasteiger partial charge in [-0.1, -0.05) is 26.8 Å². The van der Waals surface area contributed by atoms with Crippen LogP contribution >= 0.6 is 11.3 Å². The second kappa shape index (κ2) is 10.8. The van der Waals surface area contributed by atoms with Crippen molar-refractivity contribution in [2.24, 2.45) is 0 Å². The molecule has 1 aromatic rings. The summed E-state index contributed by atoms with van der Waals surface area (Å²) in [6.45, 7) is 14.5. The molecule has 2 rings (SSSR count). The lowest BCUT2D eigenvalue weighted by molar-refractivity contribution is 0.160. The van der Waals surface area contributed by atoms with Crippen LogP contribution in [0.1, 0.15) is 25.6 Å². The summed E-state index contributed by atoms with van der Waals surface area (Å²) in [5.41, 5.74) is 0. The van der Waals surface area contributed by atoms with Gasteiger partial charge in [-0.15, -0.1) is 11.3 Å². The van der Waals surface area contributed by atoms with Crippen LogP contribution in [0.3, 0.4) is 0 Å². The second-order valence-corrected chi connectivity index (χ2v) is 5.11. The minimum Gasteiger partial charge on any atom is -0.304 e. The predicted molar refractivity (Wildman–Crippen MR) is 80.0 cm³/mol. The zero-order valence-electron chi connectivity index (χ0n) is 12.1. The highest BCUT2D eigenvalue weighted by Crippen LogP contribution is 2.03. The fourth-order valence-electron chi connectivity index (χ4n) is 1.52. The van der Waals surface area contributed by atoms with Crippen LogP contribution in [-0.2, 0) is 0 Å². The number of hydrogen-bond acceptors (Lipinski definition) is 3. The topological polar surface area (TPSA) is 6.48 Å². The summed E-state index contributed by atoms with van der Waals surface area (Å²) in [7, 11) is 2.19. The van der Waals surface area contributed by atoms with Gasteiger partial charge in [-0.25, -0.2) is 0 Å². The molecule has 17 heavy (non-hydrogen) atoms. The molecule has 1 fully saturated rings. The van der Waals surface area contributed by atoms with Crippen LogP contribution in [0, 0.1) is 6.92 Å². The van der Waals surface area contributed by atoms with Crippen molar-refractivity contribution >= 4 is 11.3 Å². The highest BCUT2D eigenvalue weighted by Gasteiger charge is 2.10. The Labute approximate surface area is 111 Å². The Hall–Kier alpha value is -0.380. The minimum absolute atomic E-state index is 1.22. The molecule has 0 unspecified atom stereocenters. The molecular formula is C14H28N2S. The molecule has 1 aliphatic rings. The lowest BCUT2D eigenvalue weighted by Crippen LogP contribution is -2.44. The van der Waals surface area contributed by atoms with E-state index in [9.17, 15) is 0 Å². The molecule has 0 radical (unpaired) electrons. The summed E-state index contributed by atoms with van der Waals surface area (Å²) in [4.78, 5) is 6.25. The third-order valence-corrected chi connectivity index (χ3v) is 3.51. The standard InChI is InChI=1S/C7H16N2.C5H6S.C2H6/c1-3-9-6-4-8(2)5-7-9;1-5-3-2-4-6-5;1-2/h3-7H2,1-2H3;2-4H,1H3;1-2H3. The molecule has 100 valence electrons. The molecule has 0 saturated carbocycles. The number of aryl methyl sites for hydroxylation is 1. The Morgan fingerprint density at radius 3 is 2.06 bits per heavy atom. The normalized spacial score (nSPS) is 16.5. The highest BCUT2D eigenvalue weighted by molar-refractivity contribution is 7.09. The van der Waals surface area contributed by atoms with Crippen molar-refractivity contribution < 1.29 is 0 Å². The van der Waals surface area contributed by atoms with Crippen LogP contribution in [0.5, 0.6) is 0 Å². The van der Waals surface area contributed by atoms with Crippen LogP contribution in [0.15, 0.2) is 17.5 Å². The average Bonchev–Trinajstić information content (AvgIpc) is 2.85. The van der Waals surface area contributed by atoms with Crippen molar-refractivity contribution in [3.05, 3.63) is 22.4 Å². The Balaban J connectivity index is 0.000000278. The first-order valence-corrected chi connectivity index (χ1v) is 7.51. The molecule has 1 aromatic heterocycles. The van der Waals surface area contributed by atoms with E-state index in [2.05, 4.69) is 48.2 Å². The quantitative estimate of drug-likeness (QED) is 0.760. The fourth-order valence-corrected chi connectivity index (χ4v) is 2.05. The van der Waals surface area contributed by atoms with E-state index < -0.39 is 0 Å². The monoisotopic (exact) mass is 256 g/mol. The van der Waals surface area contributed by atoms with E-state index >= 15 is 0 Å². The van der Waals surface area contributed by atoms with Gasteiger partial charge in [-0.2, -0.15) is 0 Å². The summed E-state index contributed by atoms with van der Waals surface area (Å²) in [5.74, 6) is 0. The van der Waals surface area contributed by atoms with E-state index in [0.717, 1.165) is 0 Å². The molecule has 0 N–H and O–H groups in total. The molecule has 2 heterocycles. The van der Waals surface area contributed by atoms with Crippen molar-refractivity contribution in [2.45, 2.75) is 27.7 Å². The Kier molecular flexibility index (Phi) is 10.5. The van der Waals surface area contributed by atoms with Crippen molar-refractivity contribution in [1.29, 1.82) is 0 Å². The second-order valence-electron chi connectivity index (χ2n) is 3.96. The third-order valence-electron chi connectivity index (χ3n) is 2.71. The van der Waals surface area contributed by atoms with Crippen molar-refractivity contribution in [3.63, 3.8) is 0 Å². The van der Waals surface area contributed by atoms with Gasteiger partial charge in [0.1, 0.15) is 0 Å². The zero-order valence-corrected chi connectivity index (χ0v) is 12.9. The van der Waals surface area contributed by atoms with Gasteiger partial charge < -0.3 is 9.80 Å². The molecule has 1 aliphatic heterocycles. The van der Waals surface area contributed by atoms with Gasteiger partial charge in [0, 0.05) is 31.1 Å². The van der Waals surface area contributed by atoms with E-state index in [4.69, 9.17) is 0 Å². The molecule has 0 aliphatic carbocycles. The number of nitrogens with zero attached hydrogens (tertiary/aromatic N) is 2. The van der Waals surface area contributed by atoms with Crippen LogP contribution in [0.25, 0.3) is 0 Å². The molecule has 0 aromatic carbocycles. The third kappa shape index (κ3) is 8.36. The van der Waals surface area contributed by atoms with Gasteiger partial charge in [0.05, 0.1) is 0 Å². The van der Waals surface area contributed by atoms with E-state index in [1.54, 1.807) is 11.3 Å². The van der Waals surface area contributed by atoms with Crippen molar-refractivity contribution in [1.82, 2.24) is 9.80 Å². The zero-order chi connectivity index (χ0) is 13.1. The lowest BCUT2D eigenvalue weighted by atomic mass is 10.3. The number of likely N-dealkylation sites (N-methyl/N-ethyl adjacent to an activating group) is 2. The smallest absolute Gasteiger partial charge is 0.0110 e. The van der Waals surface area contributed by atoms with Gasteiger partial charge in [0.15, 0.2) is 0 Å². The Morgan fingerprint density at radius 1 is 1.18 bits per heavy atom. The van der Waals surface area contributed by atoms with Crippen LogP contribution < -0.4 is 0 Å². The first-order chi connectivity index (χ1) is 8.22. The lowest BCUT2D eigenvalue weighted by Gasteiger charge is -2.31. The van der Waals surface area contributed by atoms with E-state index in [1.807, 2.05) is 13.8 Å². The first-order valence-electron chi connectivity index (χ1n) is 6.63. The minimum atomic E-state index is 1.22. The van der Waals surface area contributed by atoms with E-state index in [1.165, 1.54) is 37.6 Å². The van der Waals surface area contributed by atoms with E-state index in [0.29, 0.717) is 0 Å². The summed E-state index contributed by atoms with van der Waals surface area (Å²) in [6.07, 6.45) is 0. The first kappa shape index (κ1) is 16.6. The van der Waals surface area contributed by atoms with Crippen LogP contribution in [-0.4, -0.2) is 49.6 Å². The van der Waals surface area contributed by atoms with Crippen molar-refractivity contribution in [3.8, 4) is 0 Å². The molecule has 0 atom stereocenters. The van der Waals surface area contributed by atoms with Gasteiger partial charge in [0.2, 0.25) is 0 Å². The molecule has 2 nitrogen and oxygen atoms in total. The summed E-state index contributed by atoms with van der Waals surface area (Å²) in [6, 6.07) is 4.16. The maximum Gasteiger partial charge on any atom is 0.0110 e. The average molecular weight is 256 g/mol. The number of thiophene rings is 1. The molecular weight excluding hydrogens is 228 g/mol. The van der Waals surface area contributed by atoms with E-state index in [-0.39, 0.29) is 0 Å². The Morgan fingerprint density at radius 2 is 1.76 bits per heavy atom. The van der Waals surface area contributed by atoms with Gasteiger partial charge in [-0.3, -0.25) is 0 Å². The van der Waals surface area contributed by atoms with Crippen LogP contribution in [0.4, 0.5) is 0 Å².